The van der Waals surface area contributed by atoms with Crippen LogP contribution in [-0.2, 0) is 13.0 Å². The predicted molar refractivity (Wildman–Crippen MR) is 104 cm³/mol. The van der Waals surface area contributed by atoms with Crippen molar-refractivity contribution in [2.24, 2.45) is 0 Å². The third-order valence-electron chi connectivity index (χ3n) is 4.97. The van der Waals surface area contributed by atoms with Gasteiger partial charge < -0.3 is 4.90 Å². The fourth-order valence-electron chi connectivity index (χ4n) is 3.41. The van der Waals surface area contributed by atoms with Gasteiger partial charge in [0.15, 0.2) is 17.0 Å². The summed E-state index contributed by atoms with van der Waals surface area (Å²) < 4.78 is 42.9. The Morgan fingerprint density at radius 3 is 2.79 bits per heavy atom. The van der Waals surface area contributed by atoms with Crippen LogP contribution in [0.2, 0.25) is 5.02 Å². The largest absolute Gasteiger partial charge is 0.348 e. The first-order valence-electron chi connectivity index (χ1n) is 9.54. The molecule has 0 unspecified atom stereocenters. The van der Waals surface area contributed by atoms with E-state index in [9.17, 15) is 13.2 Å². The zero-order valence-electron chi connectivity index (χ0n) is 15.9. The summed E-state index contributed by atoms with van der Waals surface area (Å²) in [6, 6.07) is 4.54. The number of unbranched alkanes of at least 4 members (excludes halogenated alkanes) is 1. The van der Waals surface area contributed by atoms with E-state index in [0.29, 0.717) is 34.8 Å². The minimum Gasteiger partial charge on any atom is -0.348 e. The summed E-state index contributed by atoms with van der Waals surface area (Å²) in [5.41, 5.74) is 1.31. The lowest BCUT2D eigenvalue weighted by molar-refractivity contribution is 0.0257. The van der Waals surface area contributed by atoms with E-state index in [1.807, 2.05) is 0 Å². The third kappa shape index (κ3) is 4.01. The van der Waals surface area contributed by atoms with Gasteiger partial charge in [-0.3, -0.25) is 0 Å². The second kappa shape index (κ2) is 7.78. The molecule has 3 heterocycles. The van der Waals surface area contributed by atoms with Gasteiger partial charge in [0, 0.05) is 19.4 Å². The Bertz CT molecular complexity index is 1040. The van der Waals surface area contributed by atoms with Crippen molar-refractivity contribution in [2.75, 3.05) is 18.0 Å². The van der Waals surface area contributed by atoms with Crippen LogP contribution in [0.5, 0.6) is 0 Å². The molecule has 0 bridgehead atoms. The lowest BCUT2D eigenvalue weighted by Crippen LogP contribution is -2.26. The molecular formula is C19H20ClF3N6. The van der Waals surface area contributed by atoms with Crippen LogP contribution < -0.4 is 4.90 Å². The fourth-order valence-corrected chi connectivity index (χ4v) is 3.59. The standard InChI is InChI=1S/C19H20ClF3N6/c1-2-3-7-14-24-17(28-9-8-19(22,23)11-28)16-18(25-14)29(27-26-16)10-12-5-4-6-13(21)15(12)20/h4-6H,2-3,7-11H2,1H3. The number of halogens is 4. The van der Waals surface area contributed by atoms with Crippen LogP contribution in [0, 0.1) is 5.82 Å². The van der Waals surface area contributed by atoms with Gasteiger partial charge in [0.2, 0.25) is 0 Å². The van der Waals surface area contributed by atoms with E-state index in [1.165, 1.54) is 15.6 Å². The van der Waals surface area contributed by atoms with Crippen molar-refractivity contribution in [3.8, 4) is 0 Å². The molecule has 0 atom stereocenters. The molecule has 6 nitrogen and oxygen atoms in total. The van der Waals surface area contributed by atoms with Gasteiger partial charge in [0.05, 0.1) is 18.1 Å². The second-order valence-electron chi connectivity index (χ2n) is 7.23. The normalized spacial score (nSPS) is 16.1. The summed E-state index contributed by atoms with van der Waals surface area (Å²) >= 11 is 6.07. The second-order valence-corrected chi connectivity index (χ2v) is 7.60. The summed E-state index contributed by atoms with van der Waals surface area (Å²) in [5, 5.41) is 8.28. The van der Waals surface area contributed by atoms with E-state index in [2.05, 4.69) is 27.2 Å². The van der Waals surface area contributed by atoms with Crippen molar-refractivity contribution in [3.63, 3.8) is 0 Å². The van der Waals surface area contributed by atoms with E-state index in [1.54, 1.807) is 12.1 Å². The van der Waals surface area contributed by atoms with Gasteiger partial charge in [-0.2, -0.15) is 0 Å². The Labute approximate surface area is 170 Å². The Kier molecular flexibility index (Phi) is 5.33. The molecule has 0 saturated carbocycles. The molecule has 4 rings (SSSR count). The first-order valence-corrected chi connectivity index (χ1v) is 9.91. The SMILES string of the molecule is CCCCc1nc(N2CCC(F)(F)C2)c2nnn(Cc3cccc(F)c3Cl)c2n1. The molecule has 154 valence electrons. The average molecular weight is 425 g/mol. The van der Waals surface area contributed by atoms with Gasteiger partial charge in [-0.1, -0.05) is 42.3 Å². The zero-order chi connectivity index (χ0) is 20.6. The highest BCUT2D eigenvalue weighted by molar-refractivity contribution is 6.31. The van der Waals surface area contributed by atoms with Crippen LogP contribution in [0.15, 0.2) is 18.2 Å². The predicted octanol–water partition coefficient (Wildman–Crippen LogP) is 4.25. The average Bonchev–Trinajstić information content (AvgIpc) is 3.26. The summed E-state index contributed by atoms with van der Waals surface area (Å²) in [6.45, 7) is 2.00. The molecule has 3 aromatic rings. The molecule has 1 aliphatic rings. The Morgan fingerprint density at radius 2 is 2.07 bits per heavy atom. The molecule has 1 aliphatic heterocycles. The van der Waals surface area contributed by atoms with Gasteiger partial charge in [-0.05, 0) is 18.1 Å². The van der Waals surface area contributed by atoms with Crippen LogP contribution >= 0.6 is 11.6 Å². The maximum absolute atomic E-state index is 13.8. The Balaban J connectivity index is 1.77. The van der Waals surface area contributed by atoms with Gasteiger partial charge in [-0.15, -0.1) is 5.10 Å². The first kappa shape index (κ1) is 19.9. The summed E-state index contributed by atoms with van der Waals surface area (Å²) in [4.78, 5) is 10.6. The van der Waals surface area contributed by atoms with E-state index in [0.717, 1.165) is 12.8 Å². The van der Waals surface area contributed by atoms with Crippen LogP contribution in [0.25, 0.3) is 11.2 Å². The fraction of sp³-hybridized carbons (Fsp3) is 0.474. The lowest BCUT2D eigenvalue weighted by Gasteiger charge is -2.18. The molecule has 1 fully saturated rings. The quantitative estimate of drug-likeness (QED) is 0.592. The zero-order valence-corrected chi connectivity index (χ0v) is 16.6. The minimum atomic E-state index is -2.76. The number of anilines is 1. The smallest absolute Gasteiger partial charge is 0.266 e. The molecule has 29 heavy (non-hydrogen) atoms. The number of benzene rings is 1. The van der Waals surface area contributed by atoms with E-state index < -0.39 is 18.3 Å². The van der Waals surface area contributed by atoms with Crippen LogP contribution in [0.1, 0.15) is 37.6 Å². The third-order valence-corrected chi connectivity index (χ3v) is 5.39. The monoisotopic (exact) mass is 424 g/mol. The molecule has 0 N–H and O–H groups in total. The minimum absolute atomic E-state index is 0.0100. The summed E-state index contributed by atoms with van der Waals surface area (Å²) in [6.07, 6.45) is 2.22. The molecular weight excluding hydrogens is 405 g/mol. The van der Waals surface area contributed by atoms with E-state index in [4.69, 9.17) is 11.6 Å². The molecule has 0 radical (unpaired) electrons. The number of aryl methyl sites for hydroxylation is 1. The molecule has 0 spiro atoms. The Morgan fingerprint density at radius 1 is 1.24 bits per heavy atom. The van der Waals surface area contributed by atoms with E-state index in [-0.39, 0.29) is 24.5 Å². The number of rotatable bonds is 6. The maximum Gasteiger partial charge on any atom is 0.266 e. The van der Waals surface area contributed by atoms with Crippen molar-refractivity contribution in [1.29, 1.82) is 0 Å². The number of hydrogen-bond acceptors (Lipinski definition) is 5. The van der Waals surface area contributed by atoms with Crippen LogP contribution in [0.3, 0.4) is 0 Å². The van der Waals surface area contributed by atoms with Crippen molar-refractivity contribution >= 4 is 28.6 Å². The number of hydrogen-bond donors (Lipinski definition) is 0. The van der Waals surface area contributed by atoms with Gasteiger partial charge >= 0.3 is 0 Å². The van der Waals surface area contributed by atoms with Crippen LogP contribution in [0.4, 0.5) is 19.0 Å². The van der Waals surface area contributed by atoms with Crippen molar-refractivity contribution in [2.45, 2.75) is 45.1 Å². The van der Waals surface area contributed by atoms with E-state index >= 15 is 0 Å². The van der Waals surface area contributed by atoms with Crippen molar-refractivity contribution in [1.82, 2.24) is 25.0 Å². The highest BCUT2D eigenvalue weighted by atomic mass is 35.5. The highest BCUT2D eigenvalue weighted by Crippen LogP contribution is 2.33. The summed E-state index contributed by atoms with van der Waals surface area (Å²) in [5.74, 6) is -2.36. The number of fused-ring (bicyclic) bond motifs is 1. The molecule has 0 amide bonds. The van der Waals surface area contributed by atoms with Gasteiger partial charge in [0.25, 0.3) is 5.92 Å². The van der Waals surface area contributed by atoms with Gasteiger partial charge in [0.1, 0.15) is 11.6 Å². The topological polar surface area (TPSA) is 59.7 Å². The number of alkyl halides is 2. The Hall–Kier alpha value is -2.42. The van der Waals surface area contributed by atoms with Crippen molar-refractivity contribution < 1.29 is 13.2 Å². The molecule has 2 aromatic heterocycles. The maximum atomic E-state index is 13.8. The number of aromatic nitrogens is 5. The molecule has 0 aliphatic carbocycles. The van der Waals surface area contributed by atoms with Gasteiger partial charge in [-0.25, -0.2) is 27.8 Å². The molecule has 1 saturated heterocycles. The highest BCUT2D eigenvalue weighted by Gasteiger charge is 2.40. The van der Waals surface area contributed by atoms with Crippen molar-refractivity contribution in [3.05, 3.63) is 40.4 Å². The summed E-state index contributed by atoms with van der Waals surface area (Å²) in [7, 11) is 0. The van der Waals surface area contributed by atoms with Crippen LogP contribution in [-0.4, -0.2) is 44.0 Å². The lowest BCUT2D eigenvalue weighted by atomic mass is 10.2. The number of nitrogens with zero attached hydrogens (tertiary/aromatic N) is 6. The first-order chi connectivity index (χ1) is 13.9. The molecule has 10 heteroatoms. The molecule has 1 aromatic carbocycles.